The van der Waals surface area contributed by atoms with E-state index in [4.69, 9.17) is 9.84 Å². The topological polar surface area (TPSA) is 66.8 Å². The number of ether oxygens (including phenoxy) is 1. The largest absolute Gasteiger partial charge is 0.480 e. The number of rotatable bonds is 7. The Bertz CT molecular complexity index is 217. The van der Waals surface area contributed by atoms with Crippen LogP contribution < -0.4 is 0 Å². The van der Waals surface area contributed by atoms with Crippen LogP contribution in [0.4, 0.5) is 0 Å². The molecular weight excluding hydrogens is 198 g/mol. The van der Waals surface area contributed by atoms with E-state index in [2.05, 4.69) is 0 Å². The number of carbonyl (C=O) groups is 2. The van der Waals surface area contributed by atoms with E-state index in [0.717, 1.165) is 6.42 Å². The summed E-state index contributed by atoms with van der Waals surface area (Å²) >= 11 is 0. The highest BCUT2D eigenvalue weighted by molar-refractivity contribution is 5.82. The van der Waals surface area contributed by atoms with Gasteiger partial charge in [-0.2, -0.15) is 0 Å². The molecule has 1 N–H and O–H groups in total. The molecule has 5 nitrogen and oxygen atoms in total. The monoisotopic (exact) mass is 217 g/mol. The highest BCUT2D eigenvalue weighted by Crippen LogP contribution is 1.97. The van der Waals surface area contributed by atoms with Crippen molar-refractivity contribution < 1.29 is 19.4 Å². The quantitative estimate of drug-likeness (QED) is 0.682. The van der Waals surface area contributed by atoms with E-state index >= 15 is 0 Å². The zero-order valence-corrected chi connectivity index (χ0v) is 9.52. The van der Waals surface area contributed by atoms with Gasteiger partial charge < -0.3 is 14.7 Å². The Morgan fingerprint density at radius 1 is 1.40 bits per heavy atom. The summed E-state index contributed by atoms with van der Waals surface area (Å²) in [4.78, 5) is 23.2. The smallest absolute Gasteiger partial charge is 0.323 e. The Kier molecular flexibility index (Phi) is 6.70. The molecule has 0 aromatic rings. The zero-order valence-electron chi connectivity index (χ0n) is 9.52. The van der Waals surface area contributed by atoms with Crippen LogP contribution in [0.25, 0.3) is 0 Å². The second-order valence-corrected chi connectivity index (χ2v) is 3.33. The molecule has 0 aliphatic rings. The van der Waals surface area contributed by atoms with Gasteiger partial charge in [0.25, 0.3) is 0 Å². The van der Waals surface area contributed by atoms with Crippen molar-refractivity contribution in [3.05, 3.63) is 0 Å². The van der Waals surface area contributed by atoms with Gasteiger partial charge in [-0.25, -0.2) is 0 Å². The second kappa shape index (κ2) is 7.23. The molecule has 0 saturated heterocycles. The van der Waals surface area contributed by atoms with Gasteiger partial charge in [-0.05, 0) is 20.3 Å². The van der Waals surface area contributed by atoms with Gasteiger partial charge in [0.15, 0.2) is 0 Å². The molecule has 1 amide bonds. The van der Waals surface area contributed by atoms with Gasteiger partial charge in [-0.15, -0.1) is 0 Å². The van der Waals surface area contributed by atoms with E-state index in [1.54, 1.807) is 6.92 Å². The normalized spacial score (nSPS) is 12.2. The van der Waals surface area contributed by atoms with Crippen LogP contribution in [0.3, 0.4) is 0 Å². The fourth-order valence-corrected chi connectivity index (χ4v) is 0.962. The SMILES string of the molecule is CCC(C)OCC(=O)N(CC)CC(=O)O. The summed E-state index contributed by atoms with van der Waals surface area (Å²) < 4.78 is 5.23. The number of aliphatic carboxylic acids is 1. The van der Waals surface area contributed by atoms with E-state index in [1.165, 1.54) is 4.90 Å². The predicted octanol–water partition coefficient (Wildman–Crippen LogP) is 0.735. The summed E-state index contributed by atoms with van der Waals surface area (Å²) in [5.41, 5.74) is 0. The first kappa shape index (κ1) is 13.9. The highest BCUT2D eigenvalue weighted by atomic mass is 16.5. The van der Waals surface area contributed by atoms with Crippen molar-refractivity contribution in [2.24, 2.45) is 0 Å². The minimum Gasteiger partial charge on any atom is -0.480 e. The summed E-state index contributed by atoms with van der Waals surface area (Å²) in [6, 6.07) is 0. The van der Waals surface area contributed by atoms with E-state index in [9.17, 15) is 9.59 Å². The summed E-state index contributed by atoms with van der Waals surface area (Å²) in [5.74, 6) is -1.28. The maximum atomic E-state index is 11.5. The van der Waals surface area contributed by atoms with E-state index in [-0.39, 0.29) is 25.2 Å². The molecule has 0 fully saturated rings. The Morgan fingerprint density at radius 3 is 2.40 bits per heavy atom. The number of likely N-dealkylation sites (N-methyl/N-ethyl adjacent to an activating group) is 1. The molecule has 0 aromatic heterocycles. The van der Waals surface area contributed by atoms with E-state index in [1.807, 2.05) is 13.8 Å². The molecule has 1 atom stereocenters. The summed E-state index contributed by atoms with van der Waals surface area (Å²) in [6.45, 7) is 5.65. The van der Waals surface area contributed by atoms with Crippen molar-refractivity contribution >= 4 is 11.9 Å². The van der Waals surface area contributed by atoms with Gasteiger partial charge in [-0.1, -0.05) is 6.92 Å². The molecule has 0 heterocycles. The Balaban J connectivity index is 3.99. The van der Waals surface area contributed by atoms with Crippen molar-refractivity contribution in [3.8, 4) is 0 Å². The number of carboxylic acid groups (broad SMARTS) is 1. The summed E-state index contributed by atoms with van der Waals surface area (Å²) in [7, 11) is 0. The number of nitrogens with zero attached hydrogens (tertiary/aromatic N) is 1. The van der Waals surface area contributed by atoms with Gasteiger partial charge in [-0.3, -0.25) is 9.59 Å². The van der Waals surface area contributed by atoms with Crippen molar-refractivity contribution in [2.75, 3.05) is 19.7 Å². The molecular formula is C10H19NO4. The summed E-state index contributed by atoms with van der Waals surface area (Å²) in [5, 5.41) is 8.55. The van der Waals surface area contributed by atoms with E-state index in [0.29, 0.717) is 6.54 Å². The van der Waals surface area contributed by atoms with Crippen molar-refractivity contribution in [1.29, 1.82) is 0 Å². The lowest BCUT2D eigenvalue weighted by atomic mass is 10.3. The van der Waals surface area contributed by atoms with Crippen LogP contribution in [0, 0.1) is 0 Å². The number of amides is 1. The Morgan fingerprint density at radius 2 is 2.00 bits per heavy atom. The first-order chi connectivity index (χ1) is 7.01. The molecule has 0 rings (SSSR count). The average molecular weight is 217 g/mol. The molecule has 0 saturated carbocycles. The standard InChI is InChI=1S/C10H19NO4/c1-4-8(3)15-7-9(12)11(5-2)6-10(13)14/h8H,4-7H2,1-3H3,(H,13,14). The molecule has 0 aromatic carbocycles. The lowest BCUT2D eigenvalue weighted by Gasteiger charge is -2.19. The maximum Gasteiger partial charge on any atom is 0.323 e. The third-order valence-corrected chi connectivity index (χ3v) is 2.13. The predicted molar refractivity (Wildman–Crippen MR) is 55.6 cm³/mol. The van der Waals surface area contributed by atoms with Gasteiger partial charge in [0.2, 0.25) is 5.91 Å². The lowest BCUT2D eigenvalue weighted by molar-refractivity contribution is -0.147. The van der Waals surface area contributed by atoms with Crippen molar-refractivity contribution in [1.82, 2.24) is 4.90 Å². The lowest BCUT2D eigenvalue weighted by Crippen LogP contribution is -2.38. The molecule has 5 heteroatoms. The third kappa shape index (κ3) is 6.06. The first-order valence-corrected chi connectivity index (χ1v) is 5.12. The van der Waals surface area contributed by atoms with Crippen LogP contribution in [0.1, 0.15) is 27.2 Å². The summed E-state index contributed by atoms with van der Waals surface area (Å²) in [6.07, 6.45) is 0.857. The molecule has 1 unspecified atom stereocenters. The molecule has 0 aliphatic carbocycles. The minimum absolute atomic E-state index is 0.0254. The van der Waals surface area contributed by atoms with Gasteiger partial charge in [0.05, 0.1) is 6.10 Å². The highest BCUT2D eigenvalue weighted by Gasteiger charge is 2.15. The molecule has 15 heavy (non-hydrogen) atoms. The van der Waals surface area contributed by atoms with Crippen LogP contribution in [0.5, 0.6) is 0 Å². The van der Waals surface area contributed by atoms with Gasteiger partial charge in [0, 0.05) is 6.54 Å². The Labute approximate surface area is 90.0 Å². The van der Waals surface area contributed by atoms with Crippen LogP contribution in [-0.2, 0) is 14.3 Å². The maximum absolute atomic E-state index is 11.5. The van der Waals surface area contributed by atoms with E-state index < -0.39 is 5.97 Å². The second-order valence-electron chi connectivity index (χ2n) is 3.33. The number of carboxylic acids is 1. The Hall–Kier alpha value is -1.10. The zero-order chi connectivity index (χ0) is 11.8. The van der Waals surface area contributed by atoms with Crippen molar-refractivity contribution in [3.63, 3.8) is 0 Å². The third-order valence-electron chi connectivity index (χ3n) is 2.13. The van der Waals surface area contributed by atoms with Crippen molar-refractivity contribution in [2.45, 2.75) is 33.3 Å². The number of hydrogen-bond acceptors (Lipinski definition) is 3. The number of hydrogen-bond donors (Lipinski definition) is 1. The average Bonchev–Trinajstić information content (AvgIpc) is 2.21. The molecule has 0 spiro atoms. The first-order valence-electron chi connectivity index (χ1n) is 5.12. The van der Waals surface area contributed by atoms with Crippen LogP contribution in [-0.4, -0.2) is 47.7 Å². The molecule has 0 aliphatic heterocycles. The molecule has 88 valence electrons. The molecule has 0 bridgehead atoms. The fourth-order valence-electron chi connectivity index (χ4n) is 0.962. The molecule has 0 radical (unpaired) electrons. The van der Waals surface area contributed by atoms with Crippen LogP contribution >= 0.6 is 0 Å². The number of carbonyl (C=O) groups excluding carboxylic acids is 1. The van der Waals surface area contributed by atoms with Gasteiger partial charge >= 0.3 is 5.97 Å². The van der Waals surface area contributed by atoms with Gasteiger partial charge in [0.1, 0.15) is 13.2 Å². The van der Waals surface area contributed by atoms with Crippen LogP contribution in [0.15, 0.2) is 0 Å². The minimum atomic E-state index is -1.01. The van der Waals surface area contributed by atoms with Crippen LogP contribution in [0.2, 0.25) is 0 Å². The fraction of sp³-hybridized carbons (Fsp3) is 0.800.